The molecule has 3 amide bonds. The molecule has 0 aliphatic rings. The van der Waals surface area contributed by atoms with Crippen LogP contribution in [0.1, 0.15) is 33.7 Å². The van der Waals surface area contributed by atoms with E-state index >= 15 is 0 Å². The molecule has 0 spiro atoms. The Hall–Kier alpha value is -6.20. The maximum atomic E-state index is 13.5. The highest BCUT2D eigenvalue weighted by Crippen LogP contribution is 2.37. The number of rotatable bonds is 13. The Bertz CT molecular complexity index is 1930. The van der Waals surface area contributed by atoms with Crippen molar-refractivity contribution in [2.75, 3.05) is 17.2 Å². The smallest absolute Gasteiger partial charge is 0.272 e. The molecular formula is C38H32N4O6S. The van der Waals surface area contributed by atoms with Crippen molar-refractivity contribution in [3.05, 3.63) is 166 Å². The van der Waals surface area contributed by atoms with Gasteiger partial charge in [-0.25, -0.2) is 0 Å². The third-order valence-electron chi connectivity index (χ3n) is 7.08. The topological polar surface area (TPSA) is 140 Å². The van der Waals surface area contributed by atoms with Gasteiger partial charge in [0.05, 0.1) is 11.5 Å². The van der Waals surface area contributed by atoms with Crippen LogP contribution in [0, 0.1) is 10.1 Å². The van der Waals surface area contributed by atoms with E-state index in [1.807, 2.05) is 37.3 Å². The fourth-order valence-electron chi connectivity index (χ4n) is 4.66. The minimum atomic E-state index is -0.645. The number of non-ortho nitro benzene ring substituents is 1. The van der Waals surface area contributed by atoms with Crippen molar-refractivity contribution in [2.24, 2.45) is 0 Å². The van der Waals surface area contributed by atoms with E-state index in [0.717, 1.165) is 10.5 Å². The molecular weight excluding hydrogens is 641 g/mol. The van der Waals surface area contributed by atoms with E-state index in [-0.39, 0.29) is 17.3 Å². The summed E-state index contributed by atoms with van der Waals surface area (Å²) in [5, 5.41) is 18.8. The number of nitrogens with one attached hydrogen (secondary N) is 3. The van der Waals surface area contributed by atoms with Crippen LogP contribution in [0.3, 0.4) is 0 Å². The lowest BCUT2D eigenvalue weighted by molar-refractivity contribution is -0.384. The van der Waals surface area contributed by atoms with Gasteiger partial charge >= 0.3 is 0 Å². The van der Waals surface area contributed by atoms with E-state index in [1.54, 1.807) is 84.9 Å². The van der Waals surface area contributed by atoms with E-state index in [2.05, 4.69) is 16.0 Å². The first-order chi connectivity index (χ1) is 23.8. The monoisotopic (exact) mass is 672 g/mol. The molecule has 3 N–H and O–H groups in total. The van der Waals surface area contributed by atoms with Gasteiger partial charge in [-0.15, -0.1) is 11.8 Å². The van der Waals surface area contributed by atoms with Crippen molar-refractivity contribution >= 4 is 52.6 Å². The predicted molar refractivity (Wildman–Crippen MR) is 191 cm³/mol. The van der Waals surface area contributed by atoms with Gasteiger partial charge in [0.2, 0.25) is 5.91 Å². The average Bonchev–Trinajstić information content (AvgIpc) is 3.12. The first-order valence-corrected chi connectivity index (χ1v) is 16.2. The van der Waals surface area contributed by atoms with Crippen molar-refractivity contribution in [1.29, 1.82) is 0 Å². The number of benzene rings is 5. The lowest BCUT2D eigenvalue weighted by Gasteiger charge is -2.17. The van der Waals surface area contributed by atoms with Gasteiger partial charge in [0, 0.05) is 34.0 Å². The van der Waals surface area contributed by atoms with Crippen LogP contribution in [0.5, 0.6) is 5.75 Å². The largest absolute Gasteiger partial charge is 0.494 e. The number of carbonyl (C=O) groups excluding carboxylic acids is 3. The van der Waals surface area contributed by atoms with E-state index in [1.165, 1.54) is 36.0 Å². The Balaban J connectivity index is 1.32. The maximum absolute atomic E-state index is 13.5. The number of hydrogen-bond donors (Lipinski definition) is 3. The number of carbonyl (C=O) groups is 3. The van der Waals surface area contributed by atoms with Gasteiger partial charge < -0.3 is 20.7 Å². The van der Waals surface area contributed by atoms with Gasteiger partial charge in [-0.05, 0) is 84.8 Å². The van der Waals surface area contributed by atoms with Crippen LogP contribution in [-0.4, -0.2) is 29.3 Å². The number of amides is 3. The fourth-order valence-corrected chi connectivity index (χ4v) is 5.69. The SMILES string of the molecule is CCOc1ccc(/C=C(\NC(=O)c2ccccc2)C(=O)Nc2ccc(SC(C(=O)Nc3ccc([N+](=O)[O-])cc3)c3ccccc3)cc2)cc1. The summed E-state index contributed by atoms with van der Waals surface area (Å²) in [7, 11) is 0. The molecule has 246 valence electrons. The van der Waals surface area contributed by atoms with Crippen LogP contribution in [0.25, 0.3) is 6.08 Å². The molecule has 0 aliphatic carbocycles. The van der Waals surface area contributed by atoms with Crippen LogP contribution in [0.15, 0.2) is 144 Å². The summed E-state index contributed by atoms with van der Waals surface area (Å²) < 4.78 is 5.51. The highest BCUT2D eigenvalue weighted by atomic mass is 32.2. The number of nitro groups is 1. The Kier molecular flexibility index (Phi) is 11.5. The van der Waals surface area contributed by atoms with E-state index in [9.17, 15) is 24.5 Å². The lowest BCUT2D eigenvalue weighted by Crippen LogP contribution is -2.30. The molecule has 0 fully saturated rings. The van der Waals surface area contributed by atoms with Crippen LogP contribution in [0.2, 0.25) is 0 Å². The molecule has 1 unspecified atom stereocenters. The summed E-state index contributed by atoms with van der Waals surface area (Å²) in [6.45, 7) is 2.42. The maximum Gasteiger partial charge on any atom is 0.272 e. The summed E-state index contributed by atoms with van der Waals surface area (Å²) in [5.74, 6) is -0.572. The molecule has 5 rings (SSSR count). The summed E-state index contributed by atoms with van der Waals surface area (Å²) in [6.07, 6.45) is 1.59. The second-order valence-corrected chi connectivity index (χ2v) is 11.7. The first kappa shape index (κ1) is 34.1. The Morgan fingerprint density at radius 3 is 1.98 bits per heavy atom. The van der Waals surface area contributed by atoms with Crippen LogP contribution in [0.4, 0.5) is 17.1 Å². The second kappa shape index (κ2) is 16.6. The normalized spacial score (nSPS) is 11.6. The van der Waals surface area contributed by atoms with Gasteiger partial charge in [-0.1, -0.05) is 60.7 Å². The Morgan fingerprint density at radius 2 is 1.37 bits per heavy atom. The van der Waals surface area contributed by atoms with E-state index < -0.39 is 22.0 Å². The van der Waals surface area contributed by atoms with Crippen molar-refractivity contribution in [1.82, 2.24) is 5.32 Å². The number of thioether (sulfide) groups is 1. The highest BCUT2D eigenvalue weighted by molar-refractivity contribution is 8.00. The van der Waals surface area contributed by atoms with Gasteiger partial charge in [0.15, 0.2) is 0 Å². The van der Waals surface area contributed by atoms with Crippen LogP contribution >= 0.6 is 11.8 Å². The minimum absolute atomic E-state index is 0.0449. The molecule has 5 aromatic rings. The second-order valence-electron chi connectivity index (χ2n) is 10.6. The molecule has 10 nitrogen and oxygen atoms in total. The highest BCUT2D eigenvalue weighted by Gasteiger charge is 2.23. The molecule has 0 aliphatic heterocycles. The zero-order valence-electron chi connectivity index (χ0n) is 26.4. The third kappa shape index (κ3) is 9.66. The summed E-state index contributed by atoms with van der Waals surface area (Å²) in [4.78, 5) is 51.2. The molecule has 0 radical (unpaired) electrons. The molecule has 0 bridgehead atoms. The molecule has 0 aromatic heterocycles. The number of anilines is 2. The first-order valence-electron chi connectivity index (χ1n) is 15.3. The van der Waals surface area contributed by atoms with Gasteiger partial charge in [0.25, 0.3) is 17.5 Å². The molecule has 0 saturated carbocycles. The number of hydrogen-bond acceptors (Lipinski definition) is 7. The molecule has 11 heteroatoms. The van der Waals surface area contributed by atoms with Gasteiger partial charge in [0.1, 0.15) is 16.7 Å². The van der Waals surface area contributed by atoms with Crippen molar-refractivity contribution < 1.29 is 24.0 Å². The van der Waals surface area contributed by atoms with Crippen molar-refractivity contribution in [3.8, 4) is 5.75 Å². The predicted octanol–water partition coefficient (Wildman–Crippen LogP) is 7.88. The van der Waals surface area contributed by atoms with E-state index in [0.29, 0.717) is 34.9 Å². The standard InChI is InChI=1S/C38H32N4O6S/c1-2-48-32-21-13-26(14-22-32)25-34(41-36(43)28-11-7-4-8-12-28)37(44)39-30-17-23-33(24-18-30)49-35(27-9-5-3-6-10-27)38(45)40-29-15-19-31(20-16-29)42(46)47/h3-25,35H,2H2,1H3,(H,39,44)(H,40,45)(H,41,43)/b34-25-. The zero-order valence-corrected chi connectivity index (χ0v) is 27.2. The Morgan fingerprint density at radius 1 is 0.776 bits per heavy atom. The number of nitrogens with zero attached hydrogens (tertiary/aromatic N) is 1. The fraction of sp³-hybridized carbons (Fsp3) is 0.0789. The average molecular weight is 673 g/mol. The van der Waals surface area contributed by atoms with Gasteiger partial charge in [-0.2, -0.15) is 0 Å². The quantitative estimate of drug-likeness (QED) is 0.0500. The molecule has 49 heavy (non-hydrogen) atoms. The Labute approximate surface area is 287 Å². The zero-order chi connectivity index (χ0) is 34.6. The molecule has 0 saturated heterocycles. The molecule has 1 atom stereocenters. The van der Waals surface area contributed by atoms with Crippen molar-refractivity contribution in [2.45, 2.75) is 17.1 Å². The number of nitro benzene ring substituents is 1. The summed E-state index contributed by atoms with van der Waals surface area (Å²) >= 11 is 1.31. The third-order valence-corrected chi connectivity index (χ3v) is 8.35. The number of ether oxygens (including phenoxy) is 1. The van der Waals surface area contributed by atoms with Crippen LogP contribution in [-0.2, 0) is 9.59 Å². The molecule has 0 heterocycles. The van der Waals surface area contributed by atoms with Crippen molar-refractivity contribution in [3.63, 3.8) is 0 Å². The van der Waals surface area contributed by atoms with E-state index in [4.69, 9.17) is 4.74 Å². The minimum Gasteiger partial charge on any atom is -0.494 e. The molecule has 5 aromatic carbocycles. The summed E-state index contributed by atoms with van der Waals surface area (Å²) in [6, 6.07) is 37.6. The lowest BCUT2D eigenvalue weighted by atomic mass is 10.1. The van der Waals surface area contributed by atoms with Crippen LogP contribution < -0.4 is 20.7 Å². The summed E-state index contributed by atoms with van der Waals surface area (Å²) in [5.41, 5.74) is 2.74. The van der Waals surface area contributed by atoms with Gasteiger partial charge in [-0.3, -0.25) is 24.5 Å².